The number of alkyl carbamates (subject to hydrolysis) is 1. The van der Waals surface area contributed by atoms with Crippen LogP contribution < -0.4 is 5.32 Å². The summed E-state index contributed by atoms with van der Waals surface area (Å²) in [5.41, 5.74) is 2.44. The van der Waals surface area contributed by atoms with Crippen LogP contribution in [0.1, 0.15) is 38.3 Å². The van der Waals surface area contributed by atoms with E-state index in [2.05, 4.69) is 16.4 Å². The van der Waals surface area contributed by atoms with Gasteiger partial charge < -0.3 is 14.8 Å². The minimum absolute atomic E-state index is 0.0852. The van der Waals surface area contributed by atoms with E-state index in [0.717, 1.165) is 42.5 Å². The van der Waals surface area contributed by atoms with Crippen LogP contribution in [0.25, 0.3) is 17.2 Å². The predicted octanol–water partition coefficient (Wildman–Crippen LogP) is 5.24. The second kappa shape index (κ2) is 10.2. The molecule has 0 spiro atoms. The molecule has 0 unspecified atom stereocenters. The van der Waals surface area contributed by atoms with Crippen LogP contribution in [0.5, 0.6) is 0 Å². The number of nitrogens with one attached hydrogen (secondary N) is 1. The number of fused-ring (bicyclic) bond motifs is 2. The number of amides is 1. The zero-order valence-corrected chi connectivity index (χ0v) is 19.9. The Morgan fingerprint density at radius 1 is 1.20 bits per heavy atom. The van der Waals surface area contributed by atoms with Crippen LogP contribution in [0.15, 0.2) is 48.7 Å². The number of nitrogens with zero attached hydrogens (tertiary/aromatic N) is 1. The minimum atomic E-state index is -0.353. The number of esters is 1. The molecular formula is C28H31FN2O4. The number of ether oxygens (including phenoxy) is 2. The molecule has 1 saturated heterocycles. The summed E-state index contributed by atoms with van der Waals surface area (Å²) in [7, 11) is 0. The molecule has 1 aromatic carbocycles. The molecular weight excluding hydrogens is 447 g/mol. The number of carbonyl (C=O) groups is 2. The molecule has 2 saturated carbocycles. The number of allylic oxidation sites excluding steroid dienone is 1. The number of benzene rings is 1. The molecule has 1 amide bonds. The van der Waals surface area contributed by atoms with E-state index in [1.807, 2.05) is 24.3 Å². The molecule has 3 aliphatic rings. The third-order valence-corrected chi connectivity index (χ3v) is 7.81. The van der Waals surface area contributed by atoms with Crippen LogP contribution in [0, 0.1) is 35.4 Å². The van der Waals surface area contributed by atoms with E-state index in [1.165, 1.54) is 12.1 Å². The first-order valence-electron chi connectivity index (χ1n) is 12.5. The van der Waals surface area contributed by atoms with Gasteiger partial charge in [-0.25, -0.2) is 9.18 Å². The molecule has 5 rings (SSSR count). The zero-order chi connectivity index (χ0) is 24.4. The summed E-state index contributed by atoms with van der Waals surface area (Å²) in [5.74, 6) is 0.598. The van der Waals surface area contributed by atoms with E-state index < -0.39 is 0 Å². The standard InChI is InChI=1S/C28H31FN2O4/c1-2-34-28(33)31-23-9-10-24-19(14-23)12-20-16-35-27(32)26(20)25(24)11-8-22-7-6-18(15-30-22)17-4-3-5-21(29)13-17/h3-8,11,13,15,19-20,23-26H,2,9-10,12,14,16H2,1H3,(H,31,33)/b11-8+/t19-,20-,23+,24-,25+,26+/m1/s1. The lowest BCUT2D eigenvalue weighted by Gasteiger charge is -2.46. The van der Waals surface area contributed by atoms with Gasteiger partial charge in [-0.2, -0.15) is 0 Å². The fourth-order valence-electron chi connectivity index (χ4n) is 6.27. The maximum absolute atomic E-state index is 13.6. The first-order valence-corrected chi connectivity index (χ1v) is 12.5. The van der Waals surface area contributed by atoms with Crippen molar-refractivity contribution in [3.63, 3.8) is 0 Å². The van der Waals surface area contributed by atoms with Crippen molar-refractivity contribution >= 4 is 18.1 Å². The lowest BCUT2D eigenvalue weighted by molar-refractivity contribution is -0.143. The molecule has 1 aromatic heterocycles. The van der Waals surface area contributed by atoms with Crippen molar-refractivity contribution in [3.8, 4) is 11.1 Å². The molecule has 35 heavy (non-hydrogen) atoms. The van der Waals surface area contributed by atoms with Crippen molar-refractivity contribution in [1.82, 2.24) is 10.3 Å². The number of cyclic esters (lactones) is 1. The second-order valence-corrected chi connectivity index (χ2v) is 9.87. The fourth-order valence-corrected chi connectivity index (χ4v) is 6.27. The molecule has 1 aliphatic heterocycles. The highest BCUT2D eigenvalue weighted by molar-refractivity contribution is 5.76. The average Bonchev–Trinajstić information content (AvgIpc) is 3.22. The Bertz CT molecular complexity index is 1100. The molecule has 0 bridgehead atoms. The van der Waals surface area contributed by atoms with Gasteiger partial charge in [0.15, 0.2) is 0 Å². The Hall–Kier alpha value is -3.22. The molecule has 6 atom stereocenters. The lowest BCUT2D eigenvalue weighted by atomic mass is 9.58. The Labute approximate surface area is 204 Å². The maximum Gasteiger partial charge on any atom is 0.407 e. The number of hydrogen-bond acceptors (Lipinski definition) is 5. The number of rotatable bonds is 5. The summed E-state index contributed by atoms with van der Waals surface area (Å²) in [5, 5.41) is 3.01. The van der Waals surface area contributed by atoms with Gasteiger partial charge in [0.25, 0.3) is 0 Å². The van der Waals surface area contributed by atoms with Crippen LogP contribution >= 0.6 is 0 Å². The van der Waals surface area contributed by atoms with Gasteiger partial charge >= 0.3 is 12.1 Å². The average molecular weight is 479 g/mol. The van der Waals surface area contributed by atoms with Crippen LogP contribution in [-0.2, 0) is 14.3 Å². The molecule has 1 N–H and O–H groups in total. The van der Waals surface area contributed by atoms with E-state index in [1.54, 1.807) is 19.2 Å². The quantitative estimate of drug-likeness (QED) is 0.595. The van der Waals surface area contributed by atoms with Gasteiger partial charge in [0.05, 0.1) is 24.8 Å². The zero-order valence-electron chi connectivity index (χ0n) is 19.9. The number of carbonyl (C=O) groups excluding carboxylic acids is 2. The van der Waals surface area contributed by atoms with Crippen molar-refractivity contribution in [2.45, 2.75) is 38.6 Å². The maximum atomic E-state index is 13.6. The molecule has 2 aliphatic carbocycles. The Morgan fingerprint density at radius 2 is 2.09 bits per heavy atom. The highest BCUT2D eigenvalue weighted by Gasteiger charge is 2.52. The minimum Gasteiger partial charge on any atom is -0.465 e. The highest BCUT2D eigenvalue weighted by Crippen LogP contribution is 2.51. The predicted molar refractivity (Wildman–Crippen MR) is 129 cm³/mol. The van der Waals surface area contributed by atoms with Crippen LogP contribution in [0.4, 0.5) is 9.18 Å². The van der Waals surface area contributed by atoms with E-state index in [0.29, 0.717) is 25.0 Å². The van der Waals surface area contributed by atoms with Crippen molar-refractivity contribution < 1.29 is 23.5 Å². The van der Waals surface area contributed by atoms with E-state index >= 15 is 0 Å². The Morgan fingerprint density at radius 3 is 2.86 bits per heavy atom. The van der Waals surface area contributed by atoms with Gasteiger partial charge in [-0.1, -0.05) is 24.3 Å². The third-order valence-electron chi connectivity index (χ3n) is 7.81. The first kappa shape index (κ1) is 23.5. The van der Waals surface area contributed by atoms with Gasteiger partial charge in [0.1, 0.15) is 5.82 Å². The lowest BCUT2D eigenvalue weighted by Crippen LogP contribution is -2.47. The van der Waals surface area contributed by atoms with Gasteiger partial charge in [-0.05, 0) is 80.2 Å². The van der Waals surface area contributed by atoms with Gasteiger partial charge in [-0.3, -0.25) is 9.78 Å². The normalized spacial score (nSPS) is 29.8. The molecule has 6 nitrogen and oxygen atoms in total. The second-order valence-electron chi connectivity index (χ2n) is 9.87. The summed E-state index contributed by atoms with van der Waals surface area (Å²) in [6, 6.07) is 10.4. The van der Waals surface area contributed by atoms with Gasteiger partial charge in [0, 0.05) is 23.7 Å². The van der Waals surface area contributed by atoms with E-state index in [9.17, 15) is 14.0 Å². The summed E-state index contributed by atoms with van der Waals surface area (Å²) < 4.78 is 24.1. The number of hydrogen-bond donors (Lipinski definition) is 1. The fraction of sp³-hybridized carbons (Fsp3) is 0.464. The summed E-state index contributed by atoms with van der Waals surface area (Å²) >= 11 is 0. The van der Waals surface area contributed by atoms with Crippen LogP contribution in [0.3, 0.4) is 0 Å². The molecule has 2 aromatic rings. The number of halogens is 1. The largest absolute Gasteiger partial charge is 0.465 e. The van der Waals surface area contributed by atoms with Crippen LogP contribution in [-0.4, -0.2) is 36.3 Å². The van der Waals surface area contributed by atoms with E-state index in [-0.39, 0.29) is 41.7 Å². The summed E-state index contributed by atoms with van der Waals surface area (Å²) in [4.78, 5) is 29.1. The highest BCUT2D eigenvalue weighted by atomic mass is 19.1. The smallest absolute Gasteiger partial charge is 0.407 e. The molecule has 3 fully saturated rings. The van der Waals surface area contributed by atoms with Crippen LogP contribution in [0.2, 0.25) is 0 Å². The Balaban J connectivity index is 1.32. The number of aromatic nitrogens is 1. The Kier molecular flexibility index (Phi) is 6.84. The van der Waals surface area contributed by atoms with Gasteiger partial charge in [-0.15, -0.1) is 0 Å². The van der Waals surface area contributed by atoms with E-state index in [4.69, 9.17) is 9.47 Å². The monoisotopic (exact) mass is 478 g/mol. The first-order chi connectivity index (χ1) is 17.0. The summed E-state index contributed by atoms with van der Waals surface area (Å²) in [6.07, 6.45) is 9.19. The molecule has 184 valence electrons. The van der Waals surface area contributed by atoms with Gasteiger partial charge in [0.2, 0.25) is 0 Å². The topological polar surface area (TPSA) is 77.5 Å². The number of pyridine rings is 1. The molecule has 2 heterocycles. The molecule has 0 radical (unpaired) electrons. The van der Waals surface area contributed by atoms with Crippen molar-refractivity contribution in [3.05, 3.63) is 60.2 Å². The SMILES string of the molecule is CCOC(=O)N[C@H]1CC[C@@H]2[C@@H](C1)C[C@@H]1COC(=O)[C@@H]1[C@H]2/C=C/c1ccc(-c2cccc(F)c2)cn1. The van der Waals surface area contributed by atoms with Crippen molar-refractivity contribution in [2.75, 3.05) is 13.2 Å². The van der Waals surface area contributed by atoms with Crippen molar-refractivity contribution in [1.29, 1.82) is 0 Å². The third kappa shape index (κ3) is 5.09. The van der Waals surface area contributed by atoms with Crippen molar-refractivity contribution in [2.24, 2.45) is 29.6 Å². The molecule has 7 heteroatoms. The summed E-state index contributed by atoms with van der Waals surface area (Å²) in [6.45, 7) is 2.64.